The summed E-state index contributed by atoms with van der Waals surface area (Å²) in [6.07, 6.45) is 0.683. The smallest absolute Gasteiger partial charge is 0.335 e. The molecule has 38 heavy (non-hydrogen) atoms. The van der Waals surface area contributed by atoms with E-state index in [-0.39, 0.29) is 6.17 Å². The molecule has 2 aliphatic rings. The zero-order valence-electron chi connectivity index (χ0n) is 21.4. The van der Waals surface area contributed by atoms with E-state index >= 15 is 0 Å². The van der Waals surface area contributed by atoms with Crippen LogP contribution in [-0.2, 0) is 9.59 Å². The Labute approximate surface area is 220 Å². The van der Waals surface area contributed by atoms with Crippen molar-refractivity contribution in [3.63, 3.8) is 0 Å². The highest BCUT2D eigenvalue weighted by Crippen LogP contribution is 2.20. The third kappa shape index (κ3) is 8.75. The molecule has 13 heteroatoms. The van der Waals surface area contributed by atoms with E-state index in [1.807, 2.05) is 24.3 Å². The van der Waals surface area contributed by atoms with E-state index in [1.165, 1.54) is 0 Å². The van der Waals surface area contributed by atoms with E-state index in [4.69, 9.17) is 30.4 Å². The molecular formula is C25H35N7O6. The van der Waals surface area contributed by atoms with E-state index < -0.39 is 24.1 Å². The Balaban J connectivity index is 0.000000342. The van der Waals surface area contributed by atoms with Crippen molar-refractivity contribution in [2.24, 2.45) is 0 Å². The molecule has 0 amide bonds. The number of hydrazine groups is 1. The van der Waals surface area contributed by atoms with Crippen molar-refractivity contribution in [2.45, 2.75) is 37.8 Å². The number of carboxylic acids is 2. The summed E-state index contributed by atoms with van der Waals surface area (Å²) in [7, 11) is 2.16. The zero-order valence-corrected chi connectivity index (χ0v) is 21.4. The van der Waals surface area contributed by atoms with Crippen molar-refractivity contribution in [2.75, 3.05) is 43.4 Å². The third-order valence-electron chi connectivity index (χ3n) is 6.00. The van der Waals surface area contributed by atoms with Gasteiger partial charge in [-0.2, -0.15) is 0 Å². The van der Waals surface area contributed by atoms with Crippen LogP contribution in [0.25, 0.3) is 12.2 Å². The molecule has 1 aromatic heterocycles. The van der Waals surface area contributed by atoms with Gasteiger partial charge in [0.05, 0.1) is 6.17 Å². The molecule has 4 rings (SSSR count). The molecule has 1 aromatic carbocycles. The number of carboxylic acid groups (broad SMARTS) is 2. The van der Waals surface area contributed by atoms with Crippen LogP contribution >= 0.6 is 0 Å². The Kier molecular flexibility index (Phi) is 10.5. The largest absolute Gasteiger partial charge is 0.479 e. The summed E-state index contributed by atoms with van der Waals surface area (Å²) in [5.74, 6) is -0.978. The number of hydrogen-bond acceptors (Lipinski definition) is 11. The van der Waals surface area contributed by atoms with Crippen LogP contribution in [-0.4, -0.2) is 105 Å². The number of anilines is 2. The molecule has 7 N–H and O–H groups in total. The number of nitrogens with one attached hydrogen (secondary N) is 3. The van der Waals surface area contributed by atoms with Crippen molar-refractivity contribution in [3.8, 4) is 0 Å². The van der Waals surface area contributed by atoms with Gasteiger partial charge in [0.2, 0.25) is 0 Å². The van der Waals surface area contributed by atoms with Gasteiger partial charge in [0, 0.05) is 38.3 Å². The van der Waals surface area contributed by atoms with Gasteiger partial charge in [0.25, 0.3) is 0 Å². The Morgan fingerprint density at radius 1 is 1.00 bits per heavy atom. The first-order valence-electron chi connectivity index (χ1n) is 12.3. The molecule has 0 bridgehead atoms. The summed E-state index contributed by atoms with van der Waals surface area (Å²) in [4.78, 5) is 33.8. The quantitative estimate of drug-likeness (QED) is 0.241. The minimum atomic E-state index is -2.27. The Bertz CT molecular complexity index is 1080. The van der Waals surface area contributed by atoms with Crippen molar-refractivity contribution in [1.29, 1.82) is 0 Å². The first-order chi connectivity index (χ1) is 18.1. The first-order valence-corrected chi connectivity index (χ1v) is 12.3. The average molecular weight is 530 g/mol. The monoisotopic (exact) mass is 529 g/mol. The van der Waals surface area contributed by atoms with Crippen LogP contribution in [0.3, 0.4) is 0 Å². The topological polar surface area (TPSA) is 183 Å². The predicted octanol–water partition coefficient (Wildman–Crippen LogP) is -0.0994. The first kappa shape index (κ1) is 28.9. The number of nitrogens with zero attached hydrogens (tertiary/aromatic N) is 4. The van der Waals surface area contributed by atoms with Crippen LogP contribution in [0.4, 0.5) is 11.6 Å². The fraction of sp³-hybridized carbons (Fsp3) is 0.440. The van der Waals surface area contributed by atoms with E-state index in [1.54, 1.807) is 0 Å². The van der Waals surface area contributed by atoms with E-state index in [9.17, 15) is 9.59 Å². The lowest BCUT2D eigenvalue weighted by Gasteiger charge is -2.33. The van der Waals surface area contributed by atoms with Gasteiger partial charge in [0.15, 0.2) is 18.0 Å². The molecule has 4 atom stereocenters. The molecule has 13 nitrogen and oxygen atoms in total. The van der Waals surface area contributed by atoms with Gasteiger partial charge in [-0.15, -0.1) is 0 Å². The number of hydrogen-bond donors (Lipinski definition) is 7. The summed E-state index contributed by atoms with van der Waals surface area (Å²) in [6, 6.07) is 12.8. The van der Waals surface area contributed by atoms with E-state index in [0.29, 0.717) is 6.04 Å². The Hall–Kier alpha value is -3.62. The maximum Gasteiger partial charge on any atom is 0.335 e. The summed E-state index contributed by atoms with van der Waals surface area (Å²) >= 11 is 0. The number of aliphatic hydroxyl groups excluding tert-OH is 2. The number of piperazine rings is 1. The molecule has 2 aliphatic heterocycles. The van der Waals surface area contributed by atoms with Crippen LogP contribution in [0.2, 0.25) is 0 Å². The molecular weight excluding hydrogens is 494 g/mol. The second-order valence-corrected chi connectivity index (χ2v) is 9.19. The van der Waals surface area contributed by atoms with Gasteiger partial charge >= 0.3 is 11.9 Å². The van der Waals surface area contributed by atoms with Crippen molar-refractivity contribution in [3.05, 3.63) is 47.8 Å². The van der Waals surface area contributed by atoms with E-state index in [2.05, 4.69) is 64.2 Å². The predicted molar refractivity (Wildman–Crippen MR) is 142 cm³/mol. The van der Waals surface area contributed by atoms with Crippen LogP contribution < -0.4 is 21.1 Å². The average Bonchev–Trinajstić information content (AvgIpc) is 3.32. The number of aliphatic carboxylic acids is 2. The lowest BCUT2D eigenvalue weighted by Crippen LogP contribution is -2.45. The highest BCUT2D eigenvalue weighted by molar-refractivity contribution is 5.83. The van der Waals surface area contributed by atoms with Crippen molar-refractivity contribution >= 4 is 35.7 Å². The second-order valence-electron chi connectivity index (χ2n) is 9.19. The number of carbonyl (C=O) groups is 2. The molecule has 206 valence electrons. The molecule has 0 aliphatic carbocycles. The molecule has 0 saturated carbocycles. The van der Waals surface area contributed by atoms with Gasteiger partial charge in [-0.3, -0.25) is 5.43 Å². The number of rotatable bonds is 8. The summed E-state index contributed by atoms with van der Waals surface area (Å²) in [6.45, 7) is 6.23. The fourth-order valence-electron chi connectivity index (χ4n) is 3.79. The number of aliphatic hydroxyl groups is 2. The van der Waals surface area contributed by atoms with Crippen LogP contribution in [0.1, 0.15) is 24.7 Å². The highest BCUT2D eigenvalue weighted by atomic mass is 16.4. The molecule has 2 unspecified atom stereocenters. The lowest BCUT2D eigenvalue weighted by atomic mass is 10.2. The summed E-state index contributed by atoms with van der Waals surface area (Å²) in [5, 5.41) is 36.0. The normalized spacial score (nSPS) is 21.4. The molecule has 0 radical (unpaired) electrons. The number of aromatic nitrogens is 2. The van der Waals surface area contributed by atoms with Crippen LogP contribution in [0.5, 0.6) is 0 Å². The highest BCUT2D eigenvalue weighted by Gasteiger charge is 2.29. The van der Waals surface area contributed by atoms with Crippen molar-refractivity contribution in [1.82, 2.24) is 25.7 Å². The molecule has 2 fully saturated rings. The number of benzene rings is 1. The lowest BCUT2D eigenvalue weighted by molar-refractivity contribution is -0.165. The third-order valence-corrected chi connectivity index (χ3v) is 6.00. The molecule has 0 spiro atoms. The Morgan fingerprint density at radius 2 is 1.63 bits per heavy atom. The Morgan fingerprint density at radius 3 is 2.18 bits per heavy atom. The van der Waals surface area contributed by atoms with Crippen molar-refractivity contribution < 1.29 is 30.0 Å². The second kappa shape index (κ2) is 13.8. The number of likely N-dealkylation sites (N-methyl/N-ethyl adjacent to an activating group) is 1. The van der Waals surface area contributed by atoms with Gasteiger partial charge < -0.3 is 35.5 Å². The minimum Gasteiger partial charge on any atom is -0.479 e. The fourth-order valence-corrected chi connectivity index (χ4v) is 3.79. The SMILES string of the molecule is CC1CC(Nc2cc(N3CCN(C)CC3)nc(/C=C/c3ccccc3)n2)NN1.O=C(O)[C@@H](O)[C@H](O)C(=O)O. The van der Waals surface area contributed by atoms with Crippen LogP contribution in [0.15, 0.2) is 36.4 Å². The molecule has 2 aromatic rings. The summed E-state index contributed by atoms with van der Waals surface area (Å²) in [5.41, 5.74) is 7.67. The van der Waals surface area contributed by atoms with Gasteiger partial charge in [-0.05, 0) is 32.0 Å². The van der Waals surface area contributed by atoms with Gasteiger partial charge in [-0.1, -0.05) is 36.4 Å². The van der Waals surface area contributed by atoms with Gasteiger partial charge in [0.1, 0.15) is 11.6 Å². The molecule has 2 saturated heterocycles. The van der Waals surface area contributed by atoms with Gasteiger partial charge in [-0.25, -0.2) is 25.0 Å². The standard InChI is InChI=1S/C21H29N7.C4H6O6/c1-16-14-20(26-25-16)23-19-15-21(28-12-10-27(2)11-13-28)24-18(22-19)9-8-17-6-4-3-5-7-17;5-1(3(7)8)2(6)4(9)10/h3-9,15-16,20,25-26H,10-14H2,1-2H3,(H,22,23,24);1-2,5-6H,(H,7,8)(H,9,10)/b9-8+;/t;1-,2-/m.0/s1. The summed E-state index contributed by atoms with van der Waals surface area (Å²) < 4.78 is 0. The minimum absolute atomic E-state index is 0.163. The maximum absolute atomic E-state index is 9.77. The zero-order chi connectivity index (χ0) is 27.7. The molecule has 3 heterocycles. The van der Waals surface area contributed by atoms with Crippen LogP contribution in [0, 0.1) is 0 Å². The maximum atomic E-state index is 9.77. The van der Waals surface area contributed by atoms with E-state index in [0.717, 1.165) is 55.6 Å².